The van der Waals surface area contributed by atoms with Crippen LogP contribution in [0.5, 0.6) is 5.75 Å². The summed E-state index contributed by atoms with van der Waals surface area (Å²) in [6, 6.07) is 0. The average Bonchev–Trinajstić information content (AvgIpc) is 3.29. The molecule has 12 heteroatoms. The highest BCUT2D eigenvalue weighted by atomic mass is 32.2. The molecule has 2 aromatic heterocycles. The number of hydrogen-bond acceptors (Lipinski definition) is 10. The normalized spacial score (nSPS) is 12.9. The molecule has 0 atom stereocenters. The molecule has 2 rings (SSSR count). The zero-order valence-corrected chi connectivity index (χ0v) is 21.6. The van der Waals surface area contributed by atoms with E-state index in [9.17, 15) is 13.5 Å². The van der Waals surface area contributed by atoms with E-state index in [4.69, 9.17) is 4.74 Å². The number of aromatic nitrogens is 2. The van der Waals surface area contributed by atoms with Crippen molar-refractivity contribution in [3.8, 4) is 5.75 Å². The van der Waals surface area contributed by atoms with E-state index in [1.54, 1.807) is 20.8 Å². The van der Waals surface area contributed by atoms with Gasteiger partial charge in [0.2, 0.25) is 0 Å². The molecule has 0 spiro atoms. The highest BCUT2D eigenvalue weighted by molar-refractivity contribution is 7.91. The topological polar surface area (TPSA) is 117 Å². The van der Waals surface area contributed by atoms with Crippen LogP contribution in [0.2, 0.25) is 0 Å². The second kappa shape index (κ2) is 10.6. The lowest BCUT2D eigenvalue weighted by Gasteiger charge is -2.30. The number of anilines is 3. The summed E-state index contributed by atoms with van der Waals surface area (Å²) >= 11 is 1.93. The fourth-order valence-corrected chi connectivity index (χ4v) is 5.81. The molecule has 0 unspecified atom stereocenters. The van der Waals surface area contributed by atoms with E-state index in [0.717, 1.165) is 29.5 Å². The number of ether oxygens (including phenoxy) is 1. The maximum Gasteiger partial charge on any atom is 0.256 e. The molecule has 0 aliphatic heterocycles. The molecule has 32 heavy (non-hydrogen) atoms. The molecule has 0 aliphatic carbocycles. The van der Waals surface area contributed by atoms with Crippen LogP contribution in [0.25, 0.3) is 0 Å². The molecule has 0 aliphatic rings. The Kier molecular flexibility index (Phi) is 8.68. The van der Waals surface area contributed by atoms with E-state index in [-0.39, 0.29) is 15.6 Å². The van der Waals surface area contributed by atoms with E-state index in [0.29, 0.717) is 29.9 Å². The lowest BCUT2D eigenvalue weighted by molar-refractivity contribution is 0.291. The third-order valence-corrected chi connectivity index (χ3v) is 8.64. The minimum absolute atomic E-state index is 0.131. The molecule has 0 amide bonds. The Morgan fingerprint density at radius 2 is 2.00 bits per heavy atom. The van der Waals surface area contributed by atoms with E-state index in [2.05, 4.69) is 39.8 Å². The Hall–Kier alpha value is -2.15. The predicted molar refractivity (Wildman–Crippen MR) is 131 cm³/mol. The van der Waals surface area contributed by atoms with Gasteiger partial charge in [-0.2, -0.15) is 13.1 Å². The molecule has 178 valence electrons. The predicted octanol–water partition coefficient (Wildman–Crippen LogP) is 4.97. The van der Waals surface area contributed by atoms with Crippen LogP contribution in [0, 0.1) is 5.92 Å². The zero-order valence-electron chi connectivity index (χ0n) is 19.2. The third-order valence-electron chi connectivity index (χ3n) is 4.50. The molecule has 2 aromatic rings. The molecule has 0 fully saturated rings. The molecular weight excluding hydrogens is 470 g/mol. The summed E-state index contributed by atoms with van der Waals surface area (Å²) in [5.74, 6) is 1.67. The second-order valence-corrected chi connectivity index (χ2v) is 12.0. The van der Waals surface area contributed by atoms with Crippen molar-refractivity contribution in [2.24, 2.45) is 5.92 Å². The van der Waals surface area contributed by atoms with E-state index in [1.807, 2.05) is 6.08 Å². The van der Waals surface area contributed by atoms with Crippen LogP contribution in [0.1, 0.15) is 41.0 Å². The van der Waals surface area contributed by atoms with Gasteiger partial charge in [0.15, 0.2) is 21.6 Å². The van der Waals surface area contributed by atoms with Gasteiger partial charge in [-0.1, -0.05) is 20.4 Å². The van der Waals surface area contributed by atoms with Crippen LogP contribution in [-0.2, 0) is 14.8 Å². The first-order chi connectivity index (χ1) is 14.9. The van der Waals surface area contributed by atoms with Gasteiger partial charge in [-0.15, -0.1) is 11.3 Å². The fourth-order valence-electron chi connectivity index (χ4n) is 2.41. The van der Waals surface area contributed by atoms with Gasteiger partial charge in [0, 0.05) is 18.0 Å². The van der Waals surface area contributed by atoms with E-state index < -0.39 is 15.6 Å². The number of nitrogens with one attached hydrogen (secondary N) is 2. The van der Waals surface area contributed by atoms with Crippen molar-refractivity contribution in [3.05, 3.63) is 30.1 Å². The van der Waals surface area contributed by atoms with Crippen LogP contribution in [0.3, 0.4) is 0 Å². The molecule has 2 heterocycles. The first-order valence-corrected chi connectivity index (χ1v) is 13.0. The summed E-state index contributed by atoms with van der Waals surface area (Å²) in [4.78, 5) is 0. The Balaban J connectivity index is 2.19. The number of aromatic hydroxyl groups is 1. The molecular formula is C20H31N5O4S3. The number of rotatable bonds is 11. The van der Waals surface area contributed by atoms with Crippen molar-refractivity contribution >= 4 is 50.4 Å². The fraction of sp³-hybridized carbons (Fsp3) is 0.500. The van der Waals surface area contributed by atoms with Gasteiger partial charge in [0.05, 0.1) is 30.2 Å². The number of allylic oxidation sites excluding steroid dienone is 1. The zero-order chi connectivity index (χ0) is 24.1. The van der Waals surface area contributed by atoms with Crippen molar-refractivity contribution < 1.29 is 18.3 Å². The highest BCUT2D eigenvalue weighted by Crippen LogP contribution is 2.41. The van der Waals surface area contributed by atoms with Crippen molar-refractivity contribution in [3.63, 3.8) is 0 Å². The van der Waals surface area contributed by atoms with Crippen LogP contribution in [0.15, 0.2) is 34.3 Å². The summed E-state index contributed by atoms with van der Waals surface area (Å²) < 4.78 is 40.8. The number of thiophene rings is 1. The minimum Gasteiger partial charge on any atom is -0.504 e. The minimum atomic E-state index is -3.86. The van der Waals surface area contributed by atoms with Gasteiger partial charge in [0.1, 0.15) is 5.76 Å². The molecule has 9 nitrogen and oxygen atoms in total. The lowest BCUT2D eigenvalue weighted by Crippen LogP contribution is -2.42. The summed E-state index contributed by atoms with van der Waals surface area (Å²) in [6.07, 6.45) is 4.21. The third kappa shape index (κ3) is 6.44. The van der Waals surface area contributed by atoms with E-state index >= 15 is 0 Å². The average molecular weight is 502 g/mol. The number of nitrogens with zero attached hydrogens (tertiary/aromatic N) is 3. The Morgan fingerprint density at radius 3 is 2.59 bits per heavy atom. The molecule has 3 N–H and O–H groups in total. The van der Waals surface area contributed by atoms with Gasteiger partial charge in [-0.3, -0.25) is 0 Å². The standard InChI is InChI=1S/C20H31N5O4S3/c1-8-29-14(10-9-13(2)3)11-21-17-18(24-31-23-17)22-15-12-30-19(16(15)26)32(27,28)25(7)20(4,5)6/h8,10,12-13,26H,1,9,11H2,2-7H3,(H,21,23)(H,22,24)/b14-10-. The maximum atomic E-state index is 12.9. The lowest BCUT2D eigenvalue weighted by atomic mass is 10.1. The Morgan fingerprint density at radius 1 is 1.34 bits per heavy atom. The molecule has 0 saturated carbocycles. The van der Waals surface area contributed by atoms with Crippen LogP contribution in [-0.4, -0.2) is 45.7 Å². The van der Waals surface area contributed by atoms with Gasteiger partial charge < -0.3 is 20.5 Å². The van der Waals surface area contributed by atoms with Crippen LogP contribution in [0.4, 0.5) is 17.3 Å². The second-order valence-electron chi connectivity index (χ2n) is 8.45. The van der Waals surface area contributed by atoms with Gasteiger partial charge >= 0.3 is 0 Å². The first-order valence-electron chi connectivity index (χ1n) is 9.97. The van der Waals surface area contributed by atoms with Gasteiger partial charge in [0.25, 0.3) is 10.0 Å². The quantitative estimate of drug-likeness (QED) is 0.370. The number of hydrogen-bond donors (Lipinski definition) is 3. The maximum absolute atomic E-state index is 12.9. The molecule has 0 aromatic carbocycles. The van der Waals surface area contributed by atoms with Crippen molar-refractivity contribution in [1.29, 1.82) is 0 Å². The highest BCUT2D eigenvalue weighted by Gasteiger charge is 2.34. The van der Waals surface area contributed by atoms with Crippen molar-refractivity contribution in [2.45, 2.75) is 50.8 Å². The van der Waals surface area contributed by atoms with Gasteiger partial charge in [-0.25, -0.2) is 8.42 Å². The summed E-state index contributed by atoms with van der Waals surface area (Å²) in [7, 11) is -2.37. The van der Waals surface area contributed by atoms with E-state index in [1.165, 1.54) is 23.0 Å². The Labute approximate surface area is 198 Å². The molecule has 0 radical (unpaired) electrons. The summed E-state index contributed by atoms with van der Waals surface area (Å²) in [6.45, 7) is 13.5. The smallest absolute Gasteiger partial charge is 0.256 e. The van der Waals surface area contributed by atoms with Gasteiger partial charge in [-0.05, 0) is 39.2 Å². The van der Waals surface area contributed by atoms with Crippen LogP contribution >= 0.6 is 23.1 Å². The van der Waals surface area contributed by atoms with Crippen LogP contribution < -0.4 is 10.6 Å². The summed E-state index contributed by atoms with van der Waals surface area (Å²) in [5.41, 5.74) is -0.392. The SMILES string of the molecule is C=CO/C(=C\CC(C)C)CNc1nsnc1Nc1csc(S(=O)(=O)N(C)C(C)(C)C)c1O. The van der Waals surface area contributed by atoms with Crippen molar-refractivity contribution in [2.75, 3.05) is 24.2 Å². The van der Waals surface area contributed by atoms with Crippen molar-refractivity contribution in [1.82, 2.24) is 13.1 Å². The Bertz CT molecular complexity index is 1050. The summed E-state index contributed by atoms with van der Waals surface area (Å²) in [5, 5.41) is 18.3. The largest absolute Gasteiger partial charge is 0.504 e. The molecule has 0 bridgehead atoms. The monoisotopic (exact) mass is 501 g/mol. The molecule has 0 saturated heterocycles. The number of sulfonamides is 1. The first kappa shape index (κ1) is 26.1.